The standard InChI is InChI=1S/C17H17NO4S/c1-12(22-16(19)8-7-13-9-10-23-11-13)17(20)18-14-5-3-4-6-15(14)21-2/h3-12H,1-2H3,(H,18,20)/b8-7+/t12-/m0/s1. The van der Waals surface area contributed by atoms with Crippen LogP contribution in [0, 0.1) is 0 Å². The number of rotatable bonds is 6. The molecule has 0 saturated carbocycles. The first-order valence-electron chi connectivity index (χ1n) is 6.95. The van der Waals surface area contributed by atoms with Gasteiger partial charge >= 0.3 is 5.97 Å². The van der Waals surface area contributed by atoms with Gasteiger partial charge in [0.2, 0.25) is 0 Å². The van der Waals surface area contributed by atoms with Gasteiger partial charge in [0, 0.05) is 6.08 Å². The third-order valence-electron chi connectivity index (χ3n) is 2.98. The first-order chi connectivity index (χ1) is 11.1. The van der Waals surface area contributed by atoms with E-state index in [1.165, 1.54) is 31.4 Å². The highest BCUT2D eigenvalue weighted by Gasteiger charge is 2.17. The molecule has 0 radical (unpaired) electrons. The van der Waals surface area contributed by atoms with Crippen LogP contribution in [-0.4, -0.2) is 25.1 Å². The van der Waals surface area contributed by atoms with E-state index in [1.807, 2.05) is 16.8 Å². The number of carbonyl (C=O) groups excluding carboxylic acids is 2. The number of nitrogens with one attached hydrogen (secondary N) is 1. The molecule has 1 N–H and O–H groups in total. The van der Waals surface area contributed by atoms with Gasteiger partial charge in [0.15, 0.2) is 6.10 Å². The van der Waals surface area contributed by atoms with E-state index in [0.29, 0.717) is 11.4 Å². The van der Waals surface area contributed by atoms with Crippen LogP contribution >= 0.6 is 11.3 Å². The van der Waals surface area contributed by atoms with Crippen molar-refractivity contribution in [1.29, 1.82) is 0 Å². The minimum Gasteiger partial charge on any atom is -0.495 e. The van der Waals surface area contributed by atoms with Crippen LogP contribution in [0.1, 0.15) is 12.5 Å². The maximum Gasteiger partial charge on any atom is 0.331 e. The van der Waals surface area contributed by atoms with Crippen LogP contribution in [0.4, 0.5) is 5.69 Å². The molecular formula is C17H17NO4S. The Balaban J connectivity index is 1.90. The average molecular weight is 331 g/mol. The summed E-state index contributed by atoms with van der Waals surface area (Å²) in [6.45, 7) is 1.51. The molecule has 2 aromatic rings. The molecule has 1 aromatic carbocycles. The normalized spacial score (nSPS) is 11.9. The van der Waals surface area contributed by atoms with Crippen molar-refractivity contribution in [1.82, 2.24) is 0 Å². The lowest BCUT2D eigenvalue weighted by molar-refractivity contribution is -0.148. The van der Waals surface area contributed by atoms with Crippen LogP contribution in [0.5, 0.6) is 5.75 Å². The fourth-order valence-electron chi connectivity index (χ4n) is 1.78. The van der Waals surface area contributed by atoms with E-state index in [0.717, 1.165) is 5.56 Å². The second-order valence-electron chi connectivity index (χ2n) is 4.66. The van der Waals surface area contributed by atoms with Crippen molar-refractivity contribution in [3.8, 4) is 5.75 Å². The molecule has 1 heterocycles. The number of amides is 1. The molecule has 0 spiro atoms. The summed E-state index contributed by atoms with van der Waals surface area (Å²) < 4.78 is 10.2. The SMILES string of the molecule is COc1ccccc1NC(=O)[C@H](C)OC(=O)/C=C/c1ccsc1. The zero-order chi connectivity index (χ0) is 16.7. The number of methoxy groups -OCH3 is 1. The predicted octanol–water partition coefficient (Wildman–Crippen LogP) is 3.34. The number of hydrogen-bond donors (Lipinski definition) is 1. The topological polar surface area (TPSA) is 64.6 Å². The Morgan fingerprint density at radius 2 is 2.04 bits per heavy atom. The van der Waals surface area contributed by atoms with Crippen molar-refractivity contribution < 1.29 is 19.1 Å². The number of ether oxygens (including phenoxy) is 2. The highest BCUT2D eigenvalue weighted by Crippen LogP contribution is 2.23. The van der Waals surface area contributed by atoms with Crippen LogP contribution in [0.3, 0.4) is 0 Å². The second kappa shape index (κ2) is 8.14. The number of para-hydroxylation sites is 2. The third-order valence-corrected chi connectivity index (χ3v) is 3.68. The maximum absolute atomic E-state index is 12.1. The highest BCUT2D eigenvalue weighted by atomic mass is 32.1. The Kier molecular flexibility index (Phi) is 5.94. The monoisotopic (exact) mass is 331 g/mol. The average Bonchev–Trinajstić information content (AvgIpc) is 3.06. The second-order valence-corrected chi connectivity index (χ2v) is 5.44. The molecule has 0 aliphatic rings. The fourth-order valence-corrected chi connectivity index (χ4v) is 2.41. The van der Waals surface area contributed by atoms with Gasteiger partial charge < -0.3 is 14.8 Å². The molecule has 0 saturated heterocycles. The summed E-state index contributed by atoms with van der Waals surface area (Å²) in [6.07, 6.45) is 2.03. The van der Waals surface area contributed by atoms with Crippen molar-refractivity contribution in [3.05, 3.63) is 52.7 Å². The van der Waals surface area contributed by atoms with E-state index in [-0.39, 0.29) is 0 Å². The molecule has 0 bridgehead atoms. The van der Waals surface area contributed by atoms with Gasteiger partial charge in [-0.2, -0.15) is 11.3 Å². The zero-order valence-corrected chi connectivity index (χ0v) is 13.6. The lowest BCUT2D eigenvalue weighted by Gasteiger charge is -2.14. The summed E-state index contributed by atoms with van der Waals surface area (Å²) >= 11 is 1.54. The molecule has 1 atom stereocenters. The van der Waals surface area contributed by atoms with Gasteiger partial charge in [-0.05, 0) is 47.5 Å². The minimum atomic E-state index is -0.917. The molecule has 6 heteroatoms. The molecule has 120 valence electrons. The molecular weight excluding hydrogens is 314 g/mol. The Morgan fingerprint density at radius 3 is 2.74 bits per heavy atom. The van der Waals surface area contributed by atoms with Crippen molar-refractivity contribution in [2.75, 3.05) is 12.4 Å². The summed E-state index contributed by atoms with van der Waals surface area (Å²) in [7, 11) is 1.52. The van der Waals surface area contributed by atoms with Gasteiger partial charge in [0.05, 0.1) is 12.8 Å². The number of hydrogen-bond acceptors (Lipinski definition) is 5. The molecule has 0 fully saturated rings. The van der Waals surface area contributed by atoms with Gasteiger partial charge in [-0.25, -0.2) is 4.79 Å². The van der Waals surface area contributed by atoms with Gasteiger partial charge in [-0.3, -0.25) is 4.79 Å². The Bertz CT molecular complexity index is 694. The number of benzene rings is 1. The molecule has 5 nitrogen and oxygen atoms in total. The quantitative estimate of drug-likeness (QED) is 0.651. The molecule has 23 heavy (non-hydrogen) atoms. The molecule has 0 unspecified atom stereocenters. The molecule has 1 aromatic heterocycles. The molecule has 2 rings (SSSR count). The van der Waals surface area contributed by atoms with E-state index in [1.54, 1.807) is 30.3 Å². The van der Waals surface area contributed by atoms with Gasteiger partial charge in [-0.1, -0.05) is 12.1 Å². The summed E-state index contributed by atoms with van der Waals surface area (Å²) in [6, 6.07) is 8.90. The Hall–Kier alpha value is -2.60. The van der Waals surface area contributed by atoms with E-state index >= 15 is 0 Å². The van der Waals surface area contributed by atoms with Crippen molar-refractivity contribution >= 4 is 35.0 Å². The zero-order valence-electron chi connectivity index (χ0n) is 12.8. The van der Waals surface area contributed by atoms with Crippen molar-refractivity contribution in [2.24, 2.45) is 0 Å². The van der Waals surface area contributed by atoms with Crippen molar-refractivity contribution in [3.63, 3.8) is 0 Å². The summed E-state index contributed by atoms with van der Waals surface area (Å²) in [5, 5.41) is 6.49. The summed E-state index contributed by atoms with van der Waals surface area (Å²) in [5.74, 6) is -0.456. The van der Waals surface area contributed by atoms with Gasteiger partial charge in [0.1, 0.15) is 5.75 Å². The minimum absolute atomic E-state index is 0.424. The summed E-state index contributed by atoms with van der Waals surface area (Å²) in [4.78, 5) is 23.8. The Morgan fingerprint density at radius 1 is 1.26 bits per heavy atom. The van der Waals surface area contributed by atoms with E-state index in [4.69, 9.17) is 9.47 Å². The first-order valence-corrected chi connectivity index (χ1v) is 7.89. The number of carbonyl (C=O) groups is 2. The fraction of sp³-hybridized carbons (Fsp3) is 0.176. The maximum atomic E-state index is 12.1. The number of esters is 1. The van der Waals surface area contributed by atoms with Crippen LogP contribution in [0.25, 0.3) is 6.08 Å². The number of thiophene rings is 1. The molecule has 0 aliphatic heterocycles. The van der Waals surface area contributed by atoms with Crippen molar-refractivity contribution in [2.45, 2.75) is 13.0 Å². The highest BCUT2D eigenvalue weighted by molar-refractivity contribution is 7.08. The van der Waals surface area contributed by atoms with E-state index in [9.17, 15) is 9.59 Å². The number of anilines is 1. The predicted molar refractivity (Wildman–Crippen MR) is 90.5 cm³/mol. The smallest absolute Gasteiger partial charge is 0.331 e. The molecule has 1 amide bonds. The largest absolute Gasteiger partial charge is 0.495 e. The third kappa shape index (κ3) is 4.96. The van der Waals surface area contributed by atoms with Crippen LogP contribution in [0.2, 0.25) is 0 Å². The molecule has 0 aliphatic carbocycles. The Labute approximate surface area is 138 Å². The van der Waals surface area contributed by atoms with E-state index < -0.39 is 18.0 Å². The van der Waals surface area contributed by atoms with Gasteiger partial charge in [0.25, 0.3) is 5.91 Å². The summed E-state index contributed by atoms with van der Waals surface area (Å²) in [5.41, 5.74) is 1.44. The lowest BCUT2D eigenvalue weighted by atomic mass is 10.2. The van der Waals surface area contributed by atoms with Crippen LogP contribution in [-0.2, 0) is 14.3 Å². The van der Waals surface area contributed by atoms with E-state index in [2.05, 4.69) is 5.32 Å². The van der Waals surface area contributed by atoms with Gasteiger partial charge in [-0.15, -0.1) is 0 Å². The van der Waals surface area contributed by atoms with Crippen LogP contribution < -0.4 is 10.1 Å². The first kappa shape index (κ1) is 16.8. The van der Waals surface area contributed by atoms with Crippen LogP contribution in [0.15, 0.2) is 47.2 Å². The lowest BCUT2D eigenvalue weighted by Crippen LogP contribution is -2.29.